The molecule has 4 rings (SSSR count). The van der Waals surface area contributed by atoms with Crippen LogP contribution < -0.4 is 18.9 Å². The predicted octanol–water partition coefficient (Wildman–Crippen LogP) is 6.67. The Morgan fingerprint density at radius 3 is 2.43 bits per heavy atom. The summed E-state index contributed by atoms with van der Waals surface area (Å²) in [6.07, 6.45) is 0.819. The van der Waals surface area contributed by atoms with Crippen LogP contribution in [0, 0.1) is 0 Å². The summed E-state index contributed by atoms with van der Waals surface area (Å²) in [6.45, 7) is 2.71. The third-order valence-electron chi connectivity index (χ3n) is 5.45. The van der Waals surface area contributed by atoms with Crippen LogP contribution in [0.4, 0.5) is 0 Å². The number of ether oxygens (including phenoxy) is 4. The largest absolute Gasteiger partial charge is 0.495 e. The van der Waals surface area contributed by atoms with Gasteiger partial charge >= 0.3 is 0 Å². The summed E-state index contributed by atoms with van der Waals surface area (Å²) in [5.74, 6) is 3.42. The first-order valence-corrected chi connectivity index (χ1v) is 10.8. The van der Waals surface area contributed by atoms with Crippen molar-refractivity contribution in [3.63, 3.8) is 0 Å². The van der Waals surface area contributed by atoms with Crippen LogP contribution in [0.1, 0.15) is 42.1 Å². The molecule has 3 aromatic rings. The Morgan fingerprint density at radius 2 is 1.70 bits per heavy atom. The molecule has 4 nitrogen and oxygen atoms in total. The van der Waals surface area contributed by atoms with Crippen molar-refractivity contribution in [2.75, 3.05) is 14.2 Å². The smallest absolute Gasteiger partial charge is 0.162 e. The van der Waals surface area contributed by atoms with Crippen molar-refractivity contribution in [2.45, 2.75) is 32.0 Å². The normalized spacial score (nSPS) is 17.6. The number of rotatable bonds is 6. The monoisotopic (exact) mass is 468 g/mol. The number of methoxy groups -OCH3 is 2. The van der Waals surface area contributed by atoms with Gasteiger partial charge in [0.2, 0.25) is 0 Å². The van der Waals surface area contributed by atoms with Crippen LogP contribution >= 0.6 is 15.9 Å². The van der Waals surface area contributed by atoms with Crippen molar-refractivity contribution >= 4 is 15.9 Å². The molecule has 0 unspecified atom stereocenters. The Balaban J connectivity index is 1.59. The molecule has 1 aliphatic heterocycles. The van der Waals surface area contributed by atoms with Gasteiger partial charge in [-0.15, -0.1) is 0 Å². The van der Waals surface area contributed by atoms with E-state index in [4.69, 9.17) is 18.9 Å². The lowest BCUT2D eigenvalue weighted by atomic mass is 9.88. The molecule has 0 saturated carbocycles. The quantitative estimate of drug-likeness (QED) is 0.404. The van der Waals surface area contributed by atoms with Crippen LogP contribution in [-0.2, 0) is 6.61 Å². The molecule has 1 heterocycles. The lowest BCUT2D eigenvalue weighted by molar-refractivity contribution is 0.162. The van der Waals surface area contributed by atoms with E-state index in [0.717, 1.165) is 33.5 Å². The van der Waals surface area contributed by atoms with E-state index in [-0.39, 0.29) is 6.10 Å². The van der Waals surface area contributed by atoms with Gasteiger partial charge in [0.15, 0.2) is 11.5 Å². The molecule has 0 bridgehead atoms. The molecule has 5 heteroatoms. The Kier molecular flexibility index (Phi) is 6.18. The maximum absolute atomic E-state index is 6.38. The van der Waals surface area contributed by atoms with Gasteiger partial charge in [0.25, 0.3) is 0 Å². The van der Waals surface area contributed by atoms with E-state index in [9.17, 15) is 0 Å². The first-order chi connectivity index (χ1) is 14.6. The van der Waals surface area contributed by atoms with Crippen LogP contribution in [0.5, 0.6) is 23.0 Å². The second kappa shape index (κ2) is 9.00. The van der Waals surface area contributed by atoms with Crippen LogP contribution in [0.3, 0.4) is 0 Å². The molecule has 0 amide bonds. The maximum atomic E-state index is 6.38. The summed E-state index contributed by atoms with van der Waals surface area (Å²) >= 11 is 3.57. The van der Waals surface area contributed by atoms with Gasteiger partial charge in [0.1, 0.15) is 24.2 Å². The summed E-state index contributed by atoms with van der Waals surface area (Å²) in [6, 6.07) is 20.2. The molecule has 2 atom stereocenters. The molecule has 0 aromatic heterocycles. The van der Waals surface area contributed by atoms with E-state index in [2.05, 4.69) is 28.9 Å². The summed E-state index contributed by atoms with van der Waals surface area (Å²) in [5, 5.41) is 0. The van der Waals surface area contributed by atoms with Crippen molar-refractivity contribution < 1.29 is 18.9 Å². The minimum absolute atomic E-state index is 0.0663. The van der Waals surface area contributed by atoms with Crippen molar-refractivity contribution in [1.82, 2.24) is 0 Å². The molecule has 0 fully saturated rings. The van der Waals surface area contributed by atoms with Gasteiger partial charge in [-0.3, -0.25) is 0 Å². The Morgan fingerprint density at radius 1 is 0.933 bits per heavy atom. The Bertz CT molecular complexity index is 1020. The zero-order chi connectivity index (χ0) is 21.1. The highest BCUT2D eigenvalue weighted by Gasteiger charge is 2.28. The van der Waals surface area contributed by atoms with Crippen molar-refractivity contribution in [1.29, 1.82) is 0 Å². The van der Waals surface area contributed by atoms with E-state index in [1.807, 2.05) is 54.6 Å². The van der Waals surface area contributed by atoms with Crippen LogP contribution in [0.25, 0.3) is 0 Å². The highest BCUT2D eigenvalue weighted by molar-refractivity contribution is 9.10. The standard InChI is InChI=1S/C25H25BrO4/c1-16-11-22(30-23-14-24(28-3)20(26)13-19(16)23)18-9-10-21(27-2)25(12-18)29-15-17-7-5-4-6-8-17/h4-10,12-14,16,22H,11,15H2,1-3H3/t16-,22-/m1/s1. The van der Waals surface area contributed by atoms with E-state index in [1.165, 1.54) is 5.56 Å². The average molecular weight is 469 g/mol. The van der Waals surface area contributed by atoms with Crippen LogP contribution in [0.15, 0.2) is 65.1 Å². The molecule has 30 heavy (non-hydrogen) atoms. The van der Waals surface area contributed by atoms with Gasteiger partial charge in [-0.25, -0.2) is 0 Å². The molecule has 0 radical (unpaired) electrons. The fraction of sp³-hybridized carbons (Fsp3) is 0.280. The van der Waals surface area contributed by atoms with Crippen molar-refractivity contribution in [3.8, 4) is 23.0 Å². The van der Waals surface area contributed by atoms with Gasteiger partial charge < -0.3 is 18.9 Å². The highest BCUT2D eigenvalue weighted by atomic mass is 79.9. The maximum Gasteiger partial charge on any atom is 0.162 e. The van der Waals surface area contributed by atoms with E-state index in [1.54, 1.807) is 14.2 Å². The minimum atomic E-state index is -0.0663. The van der Waals surface area contributed by atoms with Gasteiger partial charge in [-0.05, 0) is 63.2 Å². The summed E-state index contributed by atoms with van der Waals surface area (Å²) < 4.78 is 24.4. The average Bonchev–Trinajstić information content (AvgIpc) is 2.78. The van der Waals surface area contributed by atoms with Gasteiger partial charge in [-0.2, -0.15) is 0 Å². The number of benzene rings is 3. The van der Waals surface area contributed by atoms with Gasteiger partial charge in [0, 0.05) is 6.07 Å². The first kappa shape index (κ1) is 20.6. The fourth-order valence-corrected chi connectivity index (χ4v) is 4.31. The Hall–Kier alpha value is -2.66. The van der Waals surface area contributed by atoms with Gasteiger partial charge in [0.05, 0.1) is 18.7 Å². The Labute approximate surface area is 185 Å². The number of hydrogen-bond acceptors (Lipinski definition) is 4. The molecule has 0 N–H and O–H groups in total. The highest BCUT2D eigenvalue weighted by Crippen LogP contribution is 2.46. The summed E-state index contributed by atoms with van der Waals surface area (Å²) in [4.78, 5) is 0. The topological polar surface area (TPSA) is 36.9 Å². The van der Waals surface area contributed by atoms with E-state index < -0.39 is 0 Å². The third kappa shape index (κ3) is 4.26. The molecule has 1 aliphatic rings. The molecular formula is C25H25BrO4. The second-order valence-corrected chi connectivity index (χ2v) is 8.31. The van der Waals surface area contributed by atoms with Crippen LogP contribution in [0.2, 0.25) is 0 Å². The molecule has 3 aromatic carbocycles. The first-order valence-electron chi connectivity index (χ1n) is 9.97. The number of fused-ring (bicyclic) bond motifs is 1. The van der Waals surface area contributed by atoms with E-state index in [0.29, 0.717) is 24.0 Å². The fourth-order valence-electron chi connectivity index (χ4n) is 3.79. The molecule has 0 spiro atoms. The van der Waals surface area contributed by atoms with Crippen molar-refractivity contribution in [2.24, 2.45) is 0 Å². The number of hydrogen-bond donors (Lipinski definition) is 0. The number of halogens is 1. The third-order valence-corrected chi connectivity index (χ3v) is 6.07. The van der Waals surface area contributed by atoms with Gasteiger partial charge in [-0.1, -0.05) is 43.3 Å². The lowest BCUT2D eigenvalue weighted by Crippen LogP contribution is -2.18. The molecule has 0 saturated heterocycles. The molecule has 0 aliphatic carbocycles. The SMILES string of the molecule is COc1cc2c(cc1Br)[C@H](C)C[C@H](c1ccc(OC)c(OCc3ccccc3)c1)O2. The van der Waals surface area contributed by atoms with Crippen LogP contribution in [-0.4, -0.2) is 14.2 Å². The molecular weight excluding hydrogens is 444 g/mol. The summed E-state index contributed by atoms with van der Waals surface area (Å²) in [5.41, 5.74) is 3.37. The van der Waals surface area contributed by atoms with Crippen molar-refractivity contribution in [3.05, 3.63) is 81.8 Å². The zero-order valence-corrected chi connectivity index (χ0v) is 18.9. The molecule has 156 valence electrons. The summed E-state index contributed by atoms with van der Waals surface area (Å²) in [7, 11) is 3.32. The zero-order valence-electron chi connectivity index (χ0n) is 17.4. The van der Waals surface area contributed by atoms with E-state index >= 15 is 0 Å². The second-order valence-electron chi connectivity index (χ2n) is 7.45. The minimum Gasteiger partial charge on any atom is -0.495 e. The predicted molar refractivity (Wildman–Crippen MR) is 121 cm³/mol. The lowest BCUT2D eigenvalue weighted by Gasteiger charge is -2.31.